The number of hydrogen-bond acceptors (Lipinski definition) is 3. The first-order chi connectivity index (χ1) is 12.3. The molecule has 1 aromatic rings. The molecule has 0 bridgehead atoms. The second-order valence-electron chi connectivity index (χ2n) is 11.0. The van der Waals surface area contributed by atoms with Crippen molar-refractivity contribution in [3.63, 3.8) is 0 Å². The van der Waals surface area contributed by atoms with Crippen LogP contribution >= 0.6 is 0 Å². The number of aliphatic hydroxyl groups is 1. The van der Waals surface area contributed by atoms with E-state index in [0.29, 0.717) is 16.7 Å². The van der Waals surface area contributed by atoms with Gasteiger partial charge in [-0.3, -0.25) is 0 Å². The van der Waals surface area contributed by atoms with Crippen molar-refractivity contribution in [2.45, 2.75) is 90.1 Å². The highest BCUT2D eigenvalue weighted by Gasteiger charge is 2.61. The van der Waals surface area contributed by atoms with Gasteiger partial charge < -0.3 is 9.63 Å². The average Bonchev–Trinajstić information content (AvgIpc) is 3.22. The Hall–Kier alpha value is -0.830. The Labute approximate surface area is 157 Å². The van der Waals surface area contributed by atoms with Gasteiger partial charge in [0.05, 0.1) is 11.3 Å². The lowest BCUT2D eigenvalue weighted by Crippen LogP contribution is -2.55. The summed E-state index contributed by atoms with van der Waals surface area (Å²) in [5.41, 5.74) is 1.63. The van der Waals surface area contributed by atoms with Crippen LogP contribution in [0.15, 0.2) is 16.9 Å². The normalized spacial score (nSPS) is 53.6. The highest BCUT2D eigenvalue weighted by atomic mass is 16.5. The van der Waals surface area contributed by atoms with Crippen LogP contribution in [0.2, 0.25) is 0 Å². The van der Waals surface area contributed by atoms with Gasteiger partial charge in [-0.15, -0.1) is 0 Å². The summed E-state index contributed by atoms with van der Waals surface area (Å²) in [7, 11) is 0. The van der Waals surface area contributed by atoms with Gasteiger partial charge in [0.1, 0.15) is 6.26 Å². The maximum atomic E-state index is 10.6. The molecule has 144 valence electrons. The van der Waals surface area contributed by atoms with Crippen LogP contribution in [-0.2, 0) is 0 Å². The van der Waals surface area contributed by atoms with E-state index < -0.39 is 5.60 Å². The third kappa shape index (κ3) is 2.31. The molecule has 0 aliphatic heterocycles. The van der Waals surface area contributed by atoms with Gasteiger partial charge in [0.15, 0.2) is 0 Å². The molecule has 1 N–H and O–H groups in total. The zero-order valence-electron chi connectivity index (χ0n) is 16.7. The van der Waals surface area contributed by atoms with E-state index in [0.717, 1.165) is 36.5 Å². The van der Waals surface area contributed by atoms with Gasteiger partial charge in [0.2, 0.25) is 0 Å². The zero-order valence-corrected chi connectivity index (χ0v) is 16.7. The Bertz CT molecular complexity index is 668. The Morgan fingerprint density at radius 1 is 0.962 bits per heavy atom. The monoisotopic (exact) mass is 357 g/mol. The molecule has 3 nitrogen and oxygen atoms in total. The fourth-order valence-electron chi connectivity index (χ4n) is 8.32. The molecule has 3 heteroatoms. The lowest BCUT2D eigenvalue weighted by Gasteiger charge is -2.61. The Kier molecular flexibility index (Phi) is 3.72. The zero-order chi connectivity index (χ0) is 18.2. The summed E-state index contributed by atoms with van der Waals surface area (Å²) in [6, 6.07) is 2.10. The van der Waals surface area contributed by atoms with Crippen LogP contribution < -0.4 is 0 Å². The molecule has 8 atom stereocenters. The van der Waals surface area contributed by atoms with Crippen LogP contribution in [0.5, 0.6) is 0 Å². The van der Waals surface area contributed by atoms with Gasteiger partial charge in [-0.25, -0.2) is 0 Å². The molecule has 5 rings (SSSR count). The minimum absolute atomic E-state index is 0.404. The second kappa shape index (κ2) is 5.59. The number of nitrogens with zero attached hydrogens (tertiary/aromatic N) is 1. The number of fused-ring (bicyclic) bond motifs is 5. The maximum absolute atomic E-state index is 10.6. The molecule has 1 heterocycles. The molecule has 4 fully saturated rings. The van der Waals surface area contributed by atoms with Crippen molar-refractivity contribution < 1.29 is 9.63 Å². The van der Waals surface area contributed by atoms with Crippen molar-refractivity contribution in [2.24, 2.45) is 34.5 Å². The average molecular weight is 358 g/mol. The van der Waals surface area contributed by atoms with Crippen molar-refractivity contribution in [2.75, 3.05) is 0 Å². The van der Waals surface area contributed by atoms with Crippen LogP contribution in [0, 0.1) is 34.5 Å². The fourth-order valence-corrected chi connectivity index (χ4v) is 8.32. The van der Waals surface area contributed by atoms with Gasteiger partial charge in [-0.2, -0.15) is 0 Å². The predicted octanol–water partition coefficient (Wildman–Crippen LogP) is 5.55. The van der Waals surface area contributed by atoms with Crippen molar-refractivity contribution >= 4 is 0 Å². The third-order valence-corrected chi connectivity index (χ3v) is 9.77. The fraction of sp³-hybridized carbons (Fsp3) is 0.870. The molecular weight excluding hydrogens is 322 g/mol. The molecule has 4 aliphatic carbocycles. The molecule has 0 amide bonds. The quantitative estimate of drug-likeness (QED) is 0.716. The van der Waals surface area contributed by atoms with Gasteiger partial charge in [-0.1, -0.05) is 19.0 Å². The molecule has 0 spiro atoms. The predicted molar refractivity (Wildman–Crippen MR) is 102 cm³/mol. The molecule has 4 aliphatic rings. The van der Waals surface area contributed by atoms with E-state index in [-0.39, 0.29) is 0 Å². The van der Waals surface area contributed by atoms with E-state index in [9.17, 15) is 5.11 Å². The van der Waals surface area contributed by atoms with Crippen molar-refractivity contribution in [1.29, 1.82) is 0 Å². The third-order valence-electron chi connectivity index (χ3n) is 9.77. The summed E-state index contributed by atoms with van der Waals surface area (Å²) < 4.78 is 5.19. The number of hydrogen-bond donors (Lipinski definition) is 1. The molecule has 3 unspecified atom stereocenters. The van der Waals surface area contributed by atoms with Crippen molar-refractivity contribution in [3.8, 4) is 0 Å². The van der Waals surface area contributed by atoms with Gasteiger partial charge in [-0.05, 0) is 99.2 Å². The second-order valence-corrected chi connectivity index (χ2v) is 11.0. The summed E-state index contributed by atoms with van der Waals surface area (Å²) in [5, 5.41) is 15.0. The minimum atomic E-state index is -0.425. The first-order valence-corrected chi connectivity index (χ1v) is 11.0. The summed E-state index contributed by atoms with van der Waals surface area (Å²) in [5.74, 6) is 3.92. The topological polar surface area (TPSA) is 46.3 Å². The minimum Gasteiger partial charge on any atom is -0.390 e. The van der Waals surface area contributed by atoms with Crippen LogP contribution in [0.3, 0.4) is 0 Å². The smallest absolute Gasteiger partial charge is 0.124 e. The molecule has 0 aromatic carbocycles. The van der Waals surface area contributed by atoms with Crippen LogP contribution in [0.25, 0.3) is 0 Å². The Morgan fingerprint density at radius 2 is 1.77 bits per heavy atom. The van der Waals surface area contributed by atoms with E-state index in [2.05, 4.69) is 32.0 Å². The van der Waals surface area contributed by atoms with Crippen molar-refractivity contribution in [3.05, 3.63) is 18.0 Å². The first kappa shape index (κ1) is 17.3. The van der Waals surface area contributed by atoms with E-state index in [4.69, 9.17) is 4.52 Å². The summed E-state index contributed by atoms with van der Waals surface area (Å²) in [6.07, 6.45) is 13.1. The van der Waals surface area contributed by atoms with E-state index >= 15 is 0 Å². The SMILES string of the molecule is C[C@@]1(O)CC[C@]2(C)C3CC[C@@]4(C)C(CC[C@@H]4c4ccon4)C3CC[C@H]2C1. The molecule has 4 saturated carbocycles. The molecule has 0 saturated heterocycles. The molecular formula is C23H35NO2. The van der Waals surface area contributed by atoms with E-state index in [1.165, 1.54) is 50.6 Å². The van der Waals surface area contributed by atoms with Crippen LogP contribution in [0.4, 0.5) is 0 Å². The van der Waals surface area contributed by atoms with Gasteiger partial charge >= 0.3 is 0 Å². The summed E-state index contributed by atoms with van der Waals surface area (Å²) >= 11 is 0. The van der Waals surface area contributed by atoms with Gasteiger partial charge in [0, 0.05) is 12.0 Å². The lowest BCUT2D eigenvalue weighted by molar-refractivity contribution is -0.143. The standard InChI is InChI=1S/C23H35NO2/c1-21(25)11-12-22(2)15(14-21)4-5-16-17-6-7-19(20-9-13-26-24-20)23(17,3)10-8-18(16)22/h9,13,15-19,25H,4-8,10-12,14H2,1-3H3/t15-,16?,17?,18?,19+,21+,22-,23-/m0/s1. The largest absolute Gasteiger partial charge is 0.390 e. The summed E-state index contributed by atoms with van der Waals surface area (Å²) in [6.45, 7) is 7.20. The maximum Gasteiger partial charge on any atom is 0.124 e. The van der Waals surface area contributed by atoms with Gasteiger partial charge in [0.25, 0.3) is 0 Å². The molecule has 0 radical (unpaired) electrons. The molecule has 1 aromatic heterocycles. The molecule has 26 heavy (non-hydrogen) atoms. The summed E-state index contributed by atoms with van der Waals surface area (Å²) in [4.78, 5) is 0. The number of aromatic nitrogens is 1. The Morgan fingerprint density at radius 3 is 2.54 bits per heavy atom. The van der Waals surface area contributed by atoms with E-state index in [1.807, 2.05) is 0 Å². The first-order valence-electron chi connectivity index (χ1n) is 11.0. The van der Waals surface area contributed by atoms with Crippen LogP contribution in [-0.4, -0.2) is 15.9 Å². The highest BCUT2D eigenvalue weighted by molar-refractivity contribution is 5.18. The van der Waals surface area contributed by atoms with Crippen LogP contribution in [0.1, 0.15) is 90.2 Å². The number of rotatable bonds is 1. The van der Waals surface area contributed by atoms with Crippen molar-refractivity contribution in [1.82, 2.24) is 5.16 Å². The van der Waals surface area contributed by atoms with E-state index in [1.54, 1.807) is 6.26 Å². The Balaban J connectivity index is 1.43. The lowest BCUT2D eigenvalue weighted by atomic mass is 9.44. The highest BCUT2D eigenvalue weighted by Crippen LogP contribution is 2.69.